The van der Waals surface area contributed by atoms with Crippen LogP contribution in [-0.2, 0) is 9.53 Å². The highest BCUT2D eigenvalue weighted by molar-refractivity contribution is 7.09. The summed E-state index contributed by atoms with van der Waals surface area (Å²) in [5.74, 6) is -3.67. The van der Waals surface area contributed by atoms with Crippen molar-refractivity contribution in [3.8, 4) is 6.07 Å². The molecular weight excluding hydrogens is 343 g/mol. The number of halogens is 2. The molecule has 118 valence electrons. The Morgan fingerprint density at radius 1 is 1.52 bits per heavy atom. The van der Waals surface area contributed by atoms with Gasteiger partial charge < -0.3 is 4.74 Å². The van der Waals surface area contributed by atoms with Gasteiger partial charge in [0.05, 0.1) is 11.1 Å². The van der Waals surface area contributed by atoms with Crippen molar-refractivity contribution in [2.45, 2.75) is 12.8 Å². The quantitative estimate of drug-likeness (QED) is 0.771. The number of ether oxygens (including phenoxy) is 1. The maximum absolute atomic E-state index is 13.6. The van der Waals surface area contributed by atoms with Crippen LogP contribution in [0.2, 0.25) is 5.02 Å². The fraction of sp³-hybridized carbons (Fsp3) is 0.200. The lowest BCUT2D eigenvalue weighted by Gasteiger charge is -2.08. The van der Waals surface area contributed by atoms with Crippen molar-refractivity contribution in [3.63, 3.8) is 0 Å². The number of benzene rings is 1. The number of hydrogen-bond acceptors (Lipinski definition) is 6. The average Bonchev–Trinajstić information content (AvgIpc) is 2.92. The molecule has 0 saturated heterocycles. The summed E-state index contributed by atoms with van der Waals surface area (Å²) < 4.78 is 18.4. The van der Waals surface area contributed by atoms with Gasteiger partial charge in [-0.25, -0.2) is 14.2 Å². The number of Topliss-reactive ketones (excluding diaryl/α,β-unsaturated/α-hetero) is 1. The Labute approximate surface area is 140 Å². The van der Waals surface area contributed by atoms with E-state index in [2.05, 4.69) is 4.98 Å². The first-order valence-electron chi connectivity index (χ1n) is 6.39. The summed E-state index contributed by atoms with van der Waals surface area (Å²) in [6.45, 7) is 1.07. The number of nitrogens with zero attached hydrogens (tertiary/aromatic N) is 2. The van der Waals surface area contributed by atoms with Crippen LogP contribution in [0.25, 0.3) is 0 Å². The van der Waals surface area contributed by atoms with Gasteiger partial charge in [-0.1, -0.05) is 17.7 Å². The number of aryl methyl sites for hydroxylation is 1. The monoisotopic (exact) mass is 352 g/mol. The highest BCUT2D eigenvalue weighted by Crippen LogP contribution is 2.22. The zero-order valence-corrected chi connectivity index (χ0v) is 13.4. The van der Waals surface area contributed by atoms with Crippen molar-refractivity contribution in [3.05, 3.63) is 50.7 Å². The number of hydrogen-bond donors (Lipinski definition) is 0. The average molecular weight is 353 g/mol. The number of aromatic nitrogens is 1. The molecule has 8 heteroatoms. The third kappa shape index (κ3) is 3.92. The first-order chi connectivity index (χ1) is 10.9. The minimum Gasteiger partial charge on any atom is -0.454 e. The molecule has 0 radical (unpaired) electrons. The van der Waals surface area contributed by atoms with Gasteiger partial charge in [-0.2, -0.15) is 5.26 Å². The molecule has 1 heterocycles. The lowest BCUT2D eigenvalue weighted by Crippen LogP contribution is -2.20. The highest BCUT2D eigenvalue weighted by atomic mass is 35.5. The van der Waals surface area contributed by atoms with Crippen molar-refractivity contribution in [2.24, 2.45) is 0 Å². The van der Waals surface area contributed by atoms with Crippen LogP contribution >= 0.6 is 22.9 Å². The van der Waals surface area contributed by atoms with E-state index in [0.717, 1.165) is 6.07 Å². The van der Waals surface area contributed by atoms with Crippen LogP contribution in [0.5, 0.6) is 0 Å². The molecule has 0 saturated carbocycles. The zero-order valence-electron chi connectivity index (χ0n) is 11.9. The Hall–Kier alpha value is -2.30. The van der Waals surface area contributed by atoms with Crippen LogP contribution in [0.4, 0.5) is 4.39 Å². The first-order valence-corrected chi connectivity index (χ1v) is 7.65. The van der Waals surface area contributed by atoms with Crippen molar-refractivity contribution in [1.82, 2.24) is 4.98 Å². The molecule has 5 nitrogen and oxygen atoms in total. The zero-order chi connectivity index (χ0) is 17.0. The van der Waals surface area contributed by atoms with E-state index in [4.69, 9.17) is 21.6 Å². The van der Waals surface area contributed by atoms with Gasteiger partial charge in [0.25, 0.3) is 0 Å². The van der Waals surface area contributed by atoms with Crippen molar-refractivity contribution >= 4 is 34.7 Å². The van der Waals surface area contributed by atoms with E-state index >= 15 is 0 Å². The second kappa shape index (κ2) is 7.31. The standard InChI is InChI=1S/C15H10ClFN2O3S/c1-8-7-23-14(19-8)9(5-18)12(20)6-22-15(21)13-10(16)3-2-4-11(13)17/h2-4,7,9H,6H2,1H3. The van der Waals surface area contributed by atoms with Crippen LogP contribution in [0.1, 0.15) is 27.0 Å². The molecule has 0 fully saturated rings. The van der Waals surface area contributed by atoms with E-state index in [1.54, 1.807) is 12.3 Å². The molecule has 0 aliphatic carbocycles. The number of carbonyl (C=O) groups is 2. The molecule has 0 aliphatic rings. The summed E-state index contributed by atoms with van der Waals surface area (Å²) in [5.41, 5.74) is 0.244. The summed E-state index contributed by atoms with van der Waals surface area (Å²) in [4.78, 5) is 27.9. The third-order valence-corrected chi connectivity index (χ3v) is 4.19. The Morgan fingerprint density at radius 2 is 2.26 bits per heavy atom. The van der Waals surface area contributed by atoms with Gasteiger partial charge in [0, 0.05) is 11.1 Å². The number of ketones is 1. The minimum atomic E-state index is -1.13. The molecule has 1 aromatic heterocycles. The van der Waals surface area contributed by atoms with Gasteiger partial charge in [0.15, 0.2) is 18.3 Å². The first kappa shape index (κ1) is 17.1. The Kier molecular flexibility index (Phi) is 5.42. The fourth-order valence-corrected chi connectivity index (χ4v) is 2.86. The molecule has 2 rings (SSSR count). The van der Waals surface area contributed by atoms with E-state index in [0.29, 0.717) is 10.7 Å². The molecule has 1 atom stereocenters. The molecule has 0 spiro atoms. The SMILES string of the molecule is Cc1csc(C(C#N)C(=O)COC(=O)c2c(F)cccc2Cl)n1. The summed E-state index contributed by atoms with van der Waals surface area (Å²) in [6.07, 6.45) is 0. The van der Waals surface area contributed by atoms with Gasteiger partial charge in [-0.3, -0.25) is 4.79 Å². The van der Waals surface area contributed by atoms with Gasteiger partial charge in [0.2, 0.25) is 0 Å². The molecule has 1 aromatic carbocycles. The highest BCUT2D eigenvalue weighted by Gasteiger charge is 2.25. The molecule has 1 unspecified atom stereocenters. The van der Waals surface area contributed by atoms with Crippen LogP contribution in [0, 0.1) is 24.1 Å². The third-order valence-electron chi connectivity index (χ3n) is 2.85. The van der Waals surface area contributed by atoms with Gasteiger partial charge in [0.1, 0.15) is 16.4 Å². The minimum absolute atomic E-state index is 0.116. The number of esters is 1. The smallest absolute Gasteiger partial charge is 0.343 e. The second-order valence-corrected chi connectivity index (χ2v) is 5.83. The molecular formula is C15H10ClFN2O3S. The van der Waals surface area contributed by atoms with Crippen LogP contribution in [0.3, 0.4) is 0 Å². The van der Waals surface area contributed by atoms with Crippen LogP contribution in [-0.4, -0.2) is 23.3 Å². The second-order valence-electron chi connectivity index (χ2n) is 4.53. The lowest BCUT2D eigenvalue weighted by atomic mass is 10.1. The molecule has 23 heavy (non-hydrogen) atoms. The van der Waals surface area contributed by atoms with Gasteiger partial charge in [-0.05, 0) is 19.1 Å². The molecule has 2 aromatic rings. The Bertz CT molecular complexity index is 780. The number of rotatable bonds is 5. The molecule has 0 N–H and O–H groups in total. The molecule has 0 aliphatic heterocycles. The Balaban J connectivity index is 2.06. The largest absolute Gasteiger partial charge is 0.454 e. The van der Waals surface area contributed by atoms with Crippen LogP contribution in [0.15, 0.2) is 23.6 Å². The summed E-state index contributed by atoms with van der Waals surface area (Å²) in [7, 11) is 0. The molecule has 0 bridgehead atoms. The van der Waals surface area contributed by atoms with Crippen molar-refractivity contribution < 1.29 is 18.7 Å². The Morgan fingerprint density at radius 3 is 2.83 bits per heavy atom. The predicted octanol–water partition coefficient (Wildman–Crippen LogP) is 3.28. The van der Waals surface area contributed by atoms with E-state index < -0.39 is 35.7 Å². The number of thiazole rings is 1. The van der Waals surface area contributed by atoms with Crippen molar-refractivity contribution in [1.29, 1.82) is 5.26 Å². The summed E-state index contributed by atoms with van der Waals surface area (Å²) >= 11 is 6.91. The number of nitriles is 1. The van der Waals surface area contributed by atoms with E-state index in [9.17, 15) is 14.0 Å². The fourth-order valence-electron chi connectivity index (χ4n) is 1.75. The van der Waals surface area contributed by atoms with E-state index in [-0.39, 0.29) is 5.02 Å². The maximum atomic E-state index is 13.6. The van der Waals surface area contributed by atoms with E-state index in [1.807, 2.05) is 6.07 Å². The normalized spacial score (nSPS) is 11.6. The summed E-state index contributed by atoms with van der Waals surface area (Å²) in [6, 6.07) is 5.56. The van der Waals surface area contributed by atoms with E-state index in [1.165, 1.54) is 23.5 Å². The summed E-state index contributed by atoms with van der Waals surface area (Å²) in [5, 5.41) is 11.0. The predicted molar refractivity (Wildman–Crippen MR) is 81.9 cm³/mol. The lowest BCUT2D eigenvalue weighted by molar-refractivity contribution is -0.122. The maximum Gasteiger partial charge on any atom is 0.343 e. The molecule has 0 amide bonds. The van der Waals surface area contributed by atoms with Gasteiger partial charge in [-0.15, -0.1) is 11.3 Å². The topological polar surface area (TPSA) is 80.0 Å². The van der Waals surface area contributed by atoms with Crippen LogP contribution < -0.4 is 0 Å². The van der Waals surface area contributed by atoms with Gasteiger partial charge >= 0.3 is 5.97 Å². The van der Waals surface area contributed by atoms with Crippen molar-refractivity contribution in [2.75, 3.05) is 6.61 Å². The number of carbonyl (C=O) groups excluding carboxylic acids is 2.